The number of amides is 2. The molecule has 9 nitrogen and oxygen atoms in total. The monoisotopic (exact) mass is 722 g/mol. The summed E-state index contributed by atoms with van der Waals surface area (Å²) in [6, 6.07) is 18.0. The van der Waals surface area contributed by atoms with Gasteiger partial charge in [-0.2, -0.15) is 0 Å². The molecule has 1 heterocycles. The molecular formula is C31H36FIN4O5S. The Morgan fingerprint density at radius 2 is 1.63 bits per heavy atom. The van der Waals surface area contributed by atoms with Crippen LogP contribution in [0.5, 0.6) is 0 Å². The Morgan fingerprint density at radius 3 is 2.19 bits per heavy atom. The lowest BCUT2D eigenvalue weighted by atomic mass is 9.95. The van der Waals surface area contributed by atoms with Gasteiger partial charge in [0.1, 0.15) is 5.82 Å². The quantitative estimate of drug-likeness (QED) is 0.135. The Kier molecular flexibility index (Phi) is 10.8. The third-order valence-corrected chi connectivity index (χ3v) is 9.77. The fourth-order valence-electron chi connectivity index (χ4n) is 5.01. The summed E-state index contributed by atoms with van der Waals surface area (Å²) in [5, 5.41) is 20.5. The molecule has 0 aromatic heterocycles. The number of aliphatic hydroxyl groups is 1. The van der Waals surface area contributed by atoms with Crippen molar-refractivity contribution < 1.29 is 27.5 Å². The number of anilines is 1. The van der Waals surface area contributed by atoms with E-state index in [1.165, 1.54) is 37.4 Å². The maximum Gasteiger partial charge on any atom is 0.251 e. The van der Waals surface area contributed by atoms with Gasteiger partial charge in [-0.15, -0.1) is 0 Å². The van der Waals surface area contributed by atoms with Crippen molar-refractivity contribution in [2.45, 2.75) is 54.5 Å². The number of aliphatic hydroxyl groups excluding tert-OH is 1. The maximum atomic E-state index is 13.7. The molecule has 230 valence electrons. The number of carbonyl (C=O) groups is 2. The minimum absolute atomic E-state index is 0.0593. The molecule has 0 spiro atoms. The van der Waals surface area contributed by atoms with Gasteiger partial charge in [-0.3, -0.25) is 13.9 Å². The number of sulfonamides is 1. The van der Waals surface area contributed by atoms with E-state index >= 15 is 0 Å². The second-order valence-electron chi connectivity index (χ2n) is 10.8. The normalized spacial score (nSPS) is 18.8. The van der Waals surface area contributed by atoms with E-state index < -0.39 is 45.8 Å². The first kappa shape index (κ1) is 32.8. The van der Waals surface area contributed by atoms with Gasteiger partial charge < -0.3 is 21.1 Å². The Hall–Kier alpha value is -3.07. The van der Waals surface area contributed by atoms with Crippen LogP contribution in [0.3, 0.4) is 0 Å². The molecule has 4 rings (SSSR count). The minimum atomic E-state index is -3.72. The summed E-state index contributed by atoms with van der Waals surface area (Å²) in [6.45, 7) is 1.73. The van der Waals surface area contributed by atoms with Gasteiger partial charge in [0.15, 0.2) is 0 Å². The Balaban J connectivity index is 1.64. The number of nitrogens with zero attached hydrogens (tertiary/aromatic N) is 1. The molecule has 0 radical (unpaired) electrons. The van der Waals surface area contributed by atoms with Crippen LogP contribution < -0.4 is 20.3 Å². The van der Waals surface area contributed by atoms with Gasteiger partial charge in [0.05, 0.1) is 34.2 Å². The summed E-state index contributed by atoms with van der Waals surface area (Å²) < 4.78 is 39.4. The Morgan fingerprint density at radius 1 is 1.02 bits per heavy atom. The zero-order valence-corrected chi connectivity index (χ0v) is 27.1. The van der Waals surface area contributed by atoms with Crippen LogP contribution in [0.25, 0.3) is 0 Å². The molecule has 3 aromatic rings. The molecular weight excluding hydrogens is 686 g/mol. The summed E-state index contributed by atoms with van der Waals surface area (Å²) in [5.41, 5.74) is 1.85. The highest BCUT2D eigenvalue weighted by molar-refractivity contribution is 14.1. The largest absolute Gasteiger partial charge is 0.389 e. The van der Waals surface area contributed by atoms with Crippen LogP contribution in [0.4, 0.5) is 10.1 Å². The molecule has 1 fully saturated rings. The zero-order chi connectivity index (χ0) is 31.3. The molecule has 12 heteroatoms. The van der Waals surface area contributed by atoms with E-state index in [-0.39, 0.29) is 26.9 Å². The Bertz CT molecular complexity index is 1540. The van der Waals surface area contributed by atoms with E-state index in [1.807, 2.05) is 30.3 Å². The van der Waals surface area contributed by atoms with Crippen molar-refractivity contribution in [3.05, 3.63) is 101 Å². The third-order valence-electron chi connectivity index (χ3n) is 7.59. The predicted octanol–water partition coefficient (Wildman–Crippen LogP) is 3.93. The van der Waals surface area contributed by atoms with Gasteiger partial charge in [0.25, 0.3) is 11.8 Å². The molecule has 2 amide bonds. The smallest absolute Gasteiger partial charge is 0.251 e. The van der Waals surface area contributed by atoms with Gasteiger partial charge >= 0.3 is 0 Å². The van der Waals surface area contributed by atoms with Crippen molar-refractivity contribution in [2.75, 3.05) is 17.6 Å². The number of alkyl halides is 1. The van der Waals surface area contributed by atoms with E-state index in [4.69, 9.17) is 0 Å². The lowest BCUT2D eigenvalue weighted by Gasteiger charge is -2.29. The molecule has 0 bridgehead atoms. The van der Waals surface area contributed by atoms with E-state index in [0.717, 1.165) is 29.0 Å². The van der Waals surface area contributed by atoms with Crippen LogP contribution in [-0.4, -0.2) is 60.9 Å². The first-order valence-corrected chi connectivity index (χ1v) is 17.0. The van der Waals surface area contributed by atoms with E-state index in [9.17, 15) is 27.5 Å². The van der Waals surface area contributed by atoms with Crippen LogP contribution >= 0.6 is 22.6 Å². The van der Waals surface area contributed by atoms with Gasteiger partial charge in [-0.25, -0.2) is 12.8 Å². The van der Waals surface area contributed by atoms with E-state index in [0.29, 0.717) is 12.0 Å². The number of nitrogens with one attached hydrogen (secondary N) is 3. The van der Waals surface area contributed by atoms with Crippen molar-refractivity contribution in [3.8, 4) is 0 Å². The van der Waals surface area contributed by atoms with E-state index in [2.05, 4.69) is 38.5 Å². The van der Waals surface area contributed by atoms with Crippen molar-refractivity contribution in [2.24, 2.45) is 0 Å². The summed E-state index contributed by atoms with van der Waals surface area (Å²) in [7, 11) is -2.38. The van der Waals surface area contributed by atoms with Gasteiger partial charge in [-0.1, -0.05) is 65.1 Å². The molecule has 1 saturated heterocycles. The molecule has 0 unspecified atom stereocenters. The lowest BCUT2D eigenvalue weighted by molar-refractivity contribution is 0.0737. The van der Waals surface area contributed by atoms with Crippen molar-refractivity contribution >= 4 is 50.1 Å². The maximum absolute atomic E-state index is 13.7. The number of benzene rings is 3. The SMILES string of the molecule is C[C@@H](NC(=O)c1cc(C(=O)N[C@@H](Cc2ccccc2)[C@H](O)[C@H]2CC[C@H](I)N2)cc(N(C)S(C)(=O)=O)c1)c1ccc(F)cc1. The molecule has 1 aliphatic rings. The fourth-order valence-corrected chi connectivity index (χ4v) is 6.32. The van der Waals surface area contributed by atoms with Crippen LogP contribution in [0.15, 0.2) is 72.8 Å². The minimum Gasteiger partial charge on any atom is -0.389 e. The number of hydrogen-bond acceptors (Lipinski definition) is 6. The lowest BCUT2D eigenvalue weighted by Crippen LogP contribution is -2.52. The molecule has 0 saturated carbocycles. The first-order chi connectivity index (χ1) is 20.3. The zero-order valence-electron chi connectivity index (χ0n) is 24.1. The molecule has 5 atom stereocenters. The second-order valence-corrected chi connectivity index (χ2v) is 14.3. The predicted molar refractivity (Wildman–Crippen MR) is 173 cm³/mol. The Labute approximate surface area is 265 Å². The summed E-state index contributed by atoms with van der Waals surface area (Å²) in [4.78, 5) is 27.1. The summed E-state index contributed by atoms with van der Waals surface area (Å²) in [6.07, 6.45) is 2.13. The number of halogens is 2. The van der Waals surface area contributed by atoms with Crippen LogP contribution in [0.2, 0.25) is 0 Å². The fraction of sp³-hybridized carbons (Fsp3) is 0.355. The van der Waals surface area contributed by atoms with Crippen LogP contribution in [0, 0.1) is 5.82 Å². The molecule has 0 aliphatic carbocycles. The molecule has 43 heavy (non-hydrogen) atoms. The van der Waals surface area contributed by atoms with Gasteiger partial charge in [0, 0.05) is 24.2 Å². The van der Waals surface area contributed by atoms with Crippen molar-refractivity contribution in [1.82, 2.24) is 16.0 Å². The highest BCUT2D eigenvalue weighted by Gasteiger charge is 2.34. The second kappa shape index (κ2) is 14.1. The van der Waals surface area contributed by atoms with E-state index in [1.54, 1.807) is 19.1 Å². The average molecular weight is 723 g/mol. The van der Waals surface area contributed by atoms with Crippen LogP contribution in [-0.2, 0) is 16.4 Å². The van der Waals surface area contributed by atoms with Crippen molar-refractivity contribution in [3.63, 3.8) is 0 Å². The third kappa shape index (κ3) is 8.74. The number of hydrogen-bond donors (Lipinski definition) is 4. The first-order valence-electron chi connectivity index (χ1n) is 13.9. The van der Waals surface area contributed by atoms with Crippen LogP contribution in [0.1, 0.15) is 57.7 Å². The topological polar surface area (TPSA) is 128 Å². The molecule has 3 aromatic carbocycles. The average Bonchev–Trinajstić information content (AvgIpc) is 3.42. The van der Waals surface area contributed by atoms with Gasteiger partial charge in [0.2, 0.25) is 10.0 Å². The molecule has 4 N–H and O–H groups in total. The standard InChI is InChI=1S/C31H36FIN4O5S/c1-19(21-9-11-24(32)12-10-21)34-30(39)22-16-23(18-25(17-22)37(2)43(3,41)42)31(40)36-27(15-20-7-5-4-6-8-20)29(38)26-13-14-28(33)35-26/h4-12,16-19,26-29,35,38H,13-15H2,1-3H3,(H,34,39)(H,36,40)/t19-,26-,27+,28-,29-/m1/s1. The summed E-state index contributed by atoms with van der Waals surface area (Å²) in [5.74, 6) is -1.50. The number of carbonyl (C=O) groups excluding carboxylic acids is 2. The molecule has 1 aliphatic heterocycles. The number of rotatable bonds is 11. The highest BCUT2D eigenvalue weighted by Crippen LogP contribution is 2.24. The van der Waals surface area contributed by atoms with Gasteiger partial charge in [-0.05, 0) is 67.6 Å². The highest BCUT2D eigenvalue weighted by atomic mass is 127. The summed E-state index contributed by atoms with van der Waals surface area (Å²) >= 11 is 2.28. The van der Waals surface area contributed by atoms with Crippen molar-refractivity contribution in [1.29, 1.82) is 0 Å².